The van der Waals surface area contributed by atoms with Crippen molar-refractivity contribution in [3.8, 4) is 11.5 Å². The number of benzene rings is 2. The normalized spacial score (nSPS) is 12.8. The lowest BCUT2D eigenvalue weighted by Crippen LogP contribution is -2.47. The third-order valence-electron chi connectivity index (χ3n) is 5.61. The molecule has 0 bridgehead atoms. The molecule has 188 valence electrons. The maximum atomic E-state index is 14.5. The molecular weight excluding hydrogens is 483 g/mol. The number of aryl methyl sites for hydroxylation is 2. The molecule has 1 aliphatic heterocycles. The van der Waals surface area contributed by atoms with Crippen LogP contribution in [0.2, 0.25) is 0 Å². The van der Waals surface area contributed by atoms with Crippen LogP contribution in [0.1, 0.15) is 30.3 Å². The van der Waals surface area contributed by atoms with Gasteiger partial charge >= 0.3 is 0 Å². The highest BCUT2D eigenvalue weighted by Gasteiger charge is 2.30. The van der Waals surface area contributed by atoms with E-state index in [9.17, 15) is 14.0 Å². The molecular formula is C26H27FN4O4S. The molecule has 0 saturated carbocycles. The molecule has 0 radical (unpaired) electrons. The number of carbonyl (C=O) groups is 2. The van der Waals surface area contributed by atoms with E-state index in [1.165, 1.54) is 22.7 Å². The highest BCUT2D eigenvalue weighted by molar-refractivity contribution is 7.99. The number of aromatic nitrogens is 2. The van der Waals surface area contributed by atoms with E-state index < -0.39 is 11.9 Å². The van der Waals surface area contributed by atoms with Gasteiger partial charge < -0.3 is 19.7 Å². The third kappa shape index (κ3) is 6.12. The Balaban J connectivity index is 1.55. The zero-order chi connectivity index (χ0) is 25.7. The number of fused-ring (bicyclic) bond motifs is 1. The molecule has 0 aliphatic carbocycles. The Bertz CT molecular complexity index is 1250. The highest BCUT2D eigenvalue weighted by Crippen LogP contribution is 2.34. The summed E-state index contributed by atoms with van der Waals surface area (Å²) in [6.45, 7) is 5.60. The fourth-order valence-electron chi connectivity index (χ4n) is 3.90. The van der Waals surface area contributed by atoms with Gasteiger partial charge in [-0.25, -0.2) is 14.4 Å². The van der Waals surface area contributed by atoms with E-state index in [0.29, 0.717) is 34.3 Å². The molecule has 2 amide bonds. The van der Waals surface area contributed by atoms with Gasteiger partial charge in [-0.15, -0.1) is 0 Å². The SMILES string of the molecule is CCC(C(=O)Nc1ccc2c(c1)OCO2)N(Cc1ccccc1F)C(=O)CSc1nc(C)cc(C)n1. The van der Waals surface area contributed by atoms with Crippen LogP contribution in [0.15, 0.2) is 53.7 Å². The second-order valence-corrected chi connectivity index (χ2v) is 9.26. The van der Waals surface area contributed by atoms with Gasteiger partial charge in [0.15, 0.2) is 16.7 Å². The monoisotopic (exact) mass is 510 g/mol. The Hall–Kier alpha value is -3.66. The van der Waals surface area contributed by atoms with Crippen LogP contribution in [0.4, 0.5) is 10.1 Å². The van der Waals surface area contributed by atoms with E-state index in [1.54, 1.807) is 36.4 Å². The van der Waals surface area contributed by atoms with Crippen LogP contribution < -0.4 is 14.8 Å². The lowest BCUT2D eigenvalue weighted by molar-refractivity contribution is -0.137. The lowest BCUT2D eigenvalue weighted by atomic mass is 10.1. The second kappa shape index (κ2) is 11.4. The van der Waals surface area contributed by atoms with Crippen LogP contribution in [0.3, 0.4) is 0 Å². The summed E-state index contributed by atoms with van der Waals surface area (Å²) in [7, 11) is 0. The molecule has 2 heterocycles. The number of thioether (sulfide) groups is 1. The quantitative estimate of drug-likeness (QED) is 0.335. The summed E-state index contributed by atoms with van der Waals surface area (Å²) in [5.74, 6) is -0.00318. The first-order chi connectivity index (χ1) is 17.3. The Morgan fingerprint density at radius 3 is 2.53 bits per heavy atom. The van der Waals surface area contributed by atoms with Crippen molar-refractivity contribution in [3.63, 3.8) is 0 Å². The first kappa shape index (κ1) is 25.4. The van der Waals surface area contributed by atoms with Crippen molar-refractivity contribution in [2.24, 2.45) is 0 Å². The van der Waals surface area contributed by atoms with Crippen LogP contribution in [0.25, 0.3) is 0 Å². The number of anilines is 1. The number of amides is 2. The predicted molar refractivity (Wildman–Crippen MR) is 134 cm³/mol. The number of ether oxygens (including phenoxy) is 2. The first-order valence-corrected chi connectivity index (χ1v) is 12.5. The summed E-state index contributed by atoms with van der Waals surface area (Å²) in [6, 6.07) is 12.3. The smallest absolute Gasteiger partial charge is 0.247 e. The molecule has 3 aromatic rings. The molecule has 4 rings (SSSR count). The van der Waals surface area contributed by atoms with Crippen molar-refractivity contribution >= 4 is 29.3 Å². The summed E-state index contributed by atoms with van der Waals surface area (Å²) in [4.78, 5) is 36.9. The average molecular weight is 511 g/mol. The number of rotatable bonds is 9. The van der Waals surface area contributed by atoms with Crippen molar-refractivity contribution in [3.05, 3.63) is 71.3 Å². The van der Waals surface area contributed by atoms with E-state index in [1.807, 2.05) is 26.8 Å². The lowest BCUT2D eigenvalue weighted by Gasteiger charge is -2.30. The molecule has 1 unspecified atom stereocenters. The van der Waals surface area contributed by atoms with Gasteiger partial charge in [-0.2, -0.15) is 0 Å². The summed E-state index contributed by atoms with van der Waals surface area (Å²) in [5, 5.41) is 3.33. The number of halogens is 1. The van der Waals surface area contributed by atoms with E-state index in [4.69, 9.17) is 9.47 Å². The molecule has 0 saturated heterocycles. The van der Waals surface area contributed by atoms with Gasteiger partial charge in [-0.1, -0.05) is 36.9 Å². The minimum Gasteiger partial charge on any atom is -0.454 e. The van der Waals surface area contributed by atoms with Gasteiger partial charge in [0.2, 0.25) is 18.6 Å². The zero-order valence-corrected chi connectivity index (χ0v) is 21.1. The number of hydrogen-bond acceptors (Lipinski definition) is 7. The molecule has 1 aliphatic rings. The standard InChI is InChI=1S/C26H27FN4O4S/c1-4-21(25(33)30-19-9-10-22-23(12-19)35-15-34-22)31(13-18-7-5-6-8-20(18)27)24(32)14-36-26-28-16(2)11-17(3)29-26/h5-12,21H,4,13-15H2,1-3H3,(H,30,33). The van der Waals surface area contributed by atoms with Gasteiger partial charge in [-0.3, -0.25) is 9.59 Å². The van der Waals surface area contributed by atoms with Crippen LogP contribution in [0, 0.1) is 19.7 Å². The van der Waals surface area contributed by atoms with Crippen molar-refractivity contribution in [1.29, 1.82) is 0 Å². The Morgan fingerprint density at radius 2 is 1.81 bits per heavy atom. The molecule has 10 heteroatoms. The largest absolute Gasteiger partial charge is 0.454 e. The second-order valence-electron chi connectivity index (χ2n) is 8.32. The fourth-order valence-corrected chi connectivity index (χ4v) is 4.73. The molecule has 8 nitrogen and oxygen atoms in total. The highest BCUT2D eigenvalue weighted by atomic mass is 32.2. The first-order valence-electron chi connectivity index (χ1n) is 11.5. The summed E-state index contributed by atoms with van der Waals surface area (Å²) in [5.41, 5.74) is 2.44. The van der Waals surface area contributed by atoms with Crippen molar-refractivity contribution < 1.29 is 23.5 Å². The van der Waals surface area contributed by atoms with E-state index in [2.05, 4.69) is 15.3 Å². The topological polar surface area (TPSA) is 93.7 Å². The maximum absolute atomic E-state index is 14.5. The predicted octanol–water partition coefficient (Wildman–Crippen LogP) is 4.50. The Kier molecular flexibility index (Phi) is 8.04. The van der Waals surface area contributed by atoms with Gasteiger partial charge in [0.1, 0.15) is 11.9 Å². The minimum atomic E-state index is -0.830. The van der Waals surface area contributed by atoms with Gasteiger partial charge in [0.25, 0.3) is 0 Å². The van der Waals surface area contributed by atoms with Crippen LogP contribution in [-0.2, 0) is 16.1 Å². The van der Waals surface area contributed by atoms with Crippen molar-refractivity contribution in [1.82, 2.24) is 14.9 Å². The van der Waals surface area contributed by atoms with Crippen molar-refractivity contribution in [2.75, 3.05) is 17.9 Å². The van der Waals surface area contributed by atoms with E-state index >= 15 is 0 Å². The molecule has 0 fully saturated rings. The zero-order valence-electron chi connectivity index (χ0n) is 20.3. The summed E-state index contributed by atoms with van der Waals surface area (Å²) < 4.78 is 25.2. The van der Waals surface area contributed by atoms with E-state index in [0.717, 1.165) is 11.4 Å². The molecule has 1 atom stereocenters. The number of nitrogens with zero attached hydrogens (tertiary/aromatic N) is 3. The van der Waals surface area contributed by atoms with E-state index in [-0.39, 0.29) is 30.9 Å². The minimum absolute atomic E-state index is 0.00511. The number of hydrogen-bond donors (Lipinski definition) is 1. The molecule has 2 aromatic carbocycles. The van der Waals surface area contributed by atoms with Gasteiger partial charge in [0.05, 0.1) is 5.75 Å². The van der Waals surface area contributed by atoms with Crippen molar-refractivity contribution in [2.45, 2.75) is 44.9 Å². The number of nitrogens with one attached hydrogen (secondary N) is 1. The fraction of sp³-hybridized carbons (Fsp3) is 0.308. The molecule has 1 aromatic heterocycles. The third-order valence-corrected chi connectivity index (χ3v) is 6.44. The molecule has 1 N–H and O–H groups in total. The maximum Gasteiger partial charge on any atom is 0.247 e. The molecule has 36 heavy (non-hydrogen) atoms. The van der Waals surface area contributed by atoms with Gasteiger partial charge in [-0.05, 0) is 44.5 Å². The Labute approximate surface area is 213 Å². The van der Waals surface area contributed by atoms with Gasteiger partial charge in [0, 0.05) is 35.2 Å². The van der Waals surface area contributed by atoms with Crippen LogP contribution >= 0.6 is 11.8 Å². The van der Waals surface area contributed by atoms with Crippen LogP contribution in [0.5, 0.6) is 11.5 Å². The summed E-state index contributed by atoms with van der Waals surface area (Å²) in [6.07, 6.45) is 0.335. The summed E-state index contributed by atoms with van der Waals surface area (Å²) >= 11 is 1.19. The average Bonchev–Trinajstić information content (AvgIpc) is 3.31. The Morgan fingerprint density at radius 1 is 1.08 bits per heavy atom. The van der Waals surface area contributed by atoms with Crippen LogP contribution in [-0.4, -0.2) is 45.3 Å². The molecule has 0 spiro atoms. The number of carbonyl (C=O) groups excluding carboxylic acids is 2.